The molecule has 0 aliphatic heterocycles. The first kappa shape index (κ1) is 21.6. The lowest BCUT2D eigenvalue weighted by atomic mass is 9.71. The second-order valence-electron chi connectivity index (χ2n) is 8.81. The average Bonchev–Trinajstić information content (AvgIpc) is 2.74. The number of aryl methyl sites for hydroxylation is 1. The molecule has 2 aromatic carbocycles. The fourth-order valence-electron chi connectivity index (χ4n) is 4.80. The number of rotatable bonds is 8. The van der Waals surface area contributed by atoms with Crippen molar-refractivity contribution in [1.82, 2.24) is 0 Å². The molecule has 3 rings (SSSR count). The van der Waals surface area contributed by atoms with Crippen molar-refractivity contribution < 1.29 is 9.53 Å². The Bertz CT molecular complexity index is 760. The summed E-state index contributed by atoms with van der Waals surface area (Å²) in [6, 6.07) is 16.0. The minimum Gasteiger partial charge on any atom is -0.423 e. The van der Waals surface area contributed by atoms with Crippen molar-refractivity contribution in [3.63, 3.8) is 0 Å². The molecule has 0 aromatic heterocycles. The largest absolute Gasteiger partial charge is 0.423 e. The summed E-state index contributed by atoms with van der Waals surface area (Å²) in [5.74, 6) is 2.56. The summed E-state index contributed by atoms with van der Waals surface area (Å²) in [5.41, 5.74) is 3.26. The van der Waals surface area contributed by atoms with E-state index in [0.29, 0.717) is 23.1 Å². The summed E-state index contributed by atoms with van der Waals surface area (Å²) in [6.07, 6.45) is 10.2. The second kappa shape index (κ2) is 10.6. The van der Waals surface area contributed by atoms with Crippen molar-refractivity contribution in [3.05, 3.63) is 65.2 Å². The number of ether oxygens (including phenoxy) is 1. The van der Waals surface area contributed by atoms with Gasteiger partial charge < -0.3 is 4.74 Å². The molecule has 1 saturated carbocycles. The van der Waals surface area contributed by atoms with Gasteiger partial charge in [-0.2, -0.15) is 0 Å². The molecule has 29 heavy (non-hydrogen) atoms. The van der Waals surface area contributed by atoms with E-state index in [1.807, 2.05) is 36.4 Å². The molecule has 0 amide bonds. The Hall–Kier alpha value is -2.09. The third kappa shape index (κ3) is 5.95. The van der Waals surface area contributed by atoms with E-state index in [9.17, 15) is 4.79 Å². The normalized spacial score (nSPS) is 21.7. The van der Waals surface area contributed by atoms with Crippen LogP contribution >= 0.6 is 0 Å². The fraction of sp³-hybridized carbons (Fsp3) is 0.519. The summed E-state index contributed by atoms with van der Waals surface area (Å²) in [4.78, 5) is 12.5. The van der Waals surface area contributed by atoms with Crippen molar-refractivity contribution >= 4 is 5.97 Å². The van der Waals surface area contributed by atoms with Crippen LogP contribution in [0.1, 0.15) is 93.1 Å². The first-order valence-electron chi connectivity index (χ1n) is 11.5. The Morgan fingerprint density at radius 1 is 0.966 bits per heavy atom. The summed E-state index contributed by atoms with van der Waals surface area (Å²) in [7, 11) is 0. The van der Waals surface area contributed by atoms with Gasteiger partial charge in [-0.1, -0.05) is 70.7 Å². The highest BCUT2D eigenvalue weighted by molar-refractivity contribution is 5.91. The molecule has 3 atom stereocenters. The van der Waals surface area contributed by atoms with Gasteiger partial charge in [0.25, 0.3) is 0 Å². The van der Waals surface area contributed by atoms with Gasteiger partial charge in [-0.3, -0.25) is 0 Å². The summed E-state index contributed by atoms with van der Waals surface area (Å²) < 4.78 is 5.55. The van der Waals surface area contributed by atoms with Crippen LogP contribution < -0.4 is 4.74 Å². The molecule has 2 nitrogen and oxygen atoms in total. The number of benzene rings is 2. The third-order valence-corrected chi connectivity index (χ3v) is 6.49. The van der Waals surface area contributed by atoms with E-state index in [4.69, 9.17) is 4.74 Å². The molecular weight excluding hydrogens is 356 g/mol. The van der Waals surface area contributed by atoms with Crippen LogP contribution in [0.4, 0.5) is 0 Å². The van der Waals surface area contributed by atoms with Gasteiger partial charge in [0.1, 0.15) is 5.75 Å². The standard InChI is InChI=1S/C27H36O2/c1-4-6-8-22-11-18-26(20(3)19-22)23-12-14-24(15-13-23)27(28)29-25-16-9-21(7-5-2)10-17-25/h9-10,12-17,20,22,26H,4-8,11,18-19H2,1-3H3. The number of esters is 1. The lowest BCUT2D eigenvalue weighted by Gasteiger charge is -2.34. The molecule has 2 aromatic rings. The SMILES string of the molecule is CCCCC1CCC(c2ccc(C(=O)Oc3ccc(CCC)cc3)cc2)C(C)C1. The topological polar surface area (TPSA) is 26.3 Å². The average molecular weight is 393 g/mol. The van der Waals surface area contributed by atoms with Crippen LogP contribution in [0, 0.1) is 11.8 Å². The lowest BCUT2D eigenvalue weighted by Crippen LogP contribution is -2.21. The predicted octanol–water partition coefficient (Wildman–Crippen LogP) is 7.57. The summed E-state index contributed by atoms with van der Waals surface area (Å²) in [5, 5.41) is 0. The van der Waals surface area contributed by atoms with E-state index in [1.165, 1.54) is 49.7 Å². The predicted molar refractivity (Wildman–Crippen MR) is 121 cm³/mol. The molecule has 156 valence electrons. The number of hydrogen-bond acceptors (Lipinski definition) is 2. The highest BCUT2D eigenvalue weighted by Gasteiger charge is 2.28. The third-order valence-electron chi connectivity index (χ3n) is 6.49. The van der Waals surface area contributed by atoms with Crippen molar-refractivity contribution in [3.8, 4) is 5.75 Å². The van der Waals surface area contributed by atoms with Crippen LogP contribution in [0.25, 0.3) is 0 Å². The van der Waals surface area contributed by atoms with E-state index < -0.39 is 0 Å². The van der Waals surface area contributed by atoms with Crippen LogP contribution in [0.15, 0.2) is 48.5 Å². The number of hydrogen-bond donors (Lipinski definition) is 0. The zero-order chi connectivity index (χ0) is 20.6. The van der Waals surface area contributed by atoms with Crippen LogP contribution in [0.3, 0.4) is 0 Å². The van der Waals surface area contributed by atoms with E-state index in [0.717, 1.165) is 18.8 Å². The molecule has 2 heteroatoms. The van der Waals surface area contributed by atoms with Crippen molar-refractivity contribution in [2.45, 2.75) is 78.1 Å². The maximum Gasteiger partial charge on any atom is 0.343 e. The Balaban J connectivity index is 1.57. The first-order chi connectivity index (χ1) is 14.1. The maximum absolute atomic E-state index is 12.5. The molecule has 1 aliphatic carbocycles. The molecule has 0 radical (unpaired) electrons. The monoisotopic (exact) mass is 392 g/mol. The number of carbonyl (C=O) groups is 1. The van der Waals surface area contributed by atoms with Crippen molar-refractivity contribution in [2.75, 3.05) is 0 Å². The summed E-state index contributed by atoms with van der Waals surface area (Å²) in [6.45, 7) is 6.84. The van der Waals surface area contributed by atoms with Crippen LogP contribution in [-0.4, -0.2) is 5.97 Å². The van der Waals surface area contributed by atoms with Crippen LogP contribution in [0.5, 0.6) is 5.75 Å². The Morgan fingerprint density at radius 2 is 1.69 bits per heavy atom. The van der Waals surface area contributed by atoms with Crippen molar-refractivity contribution in [2.24, 2.45) is 11.8 Å². The molecular formula is C27H36O2. The molecule has 1 fully saturated rings. The Labute approximate surface area is 176 Å². The number of unbranched alkanes of at least 4 members (excludes halogenated alkanes) is 1. The zero-order valence-electron chi connectivity index (χ0n) is 18.3. The Morgan fingerprint density at radius 3 is 2.31 bits per heavy atom. The number of carbonyl (C=O) groups excluding carboxylic acids is 1. The lowest BCUT2D eigenvalue weighted by molar-refractivity contribution is 0.0734. The van der Waals surface area contributed by atoms with Gasteiger partial charge in [0.15, 0.2) is 0 Å². The van der Waals surface area contributed by atoms with Gasteiger partial charge in [0.2, 0.25) is 0 Å². The molecule has 0 N–H and O–H groups in total. The smallest absolute Gasteiger partial charge is 0.343 e. The Kier molecular flexibility index (Phi) is 7.91. The van der Waals surface area contributed by atoms with Gasteiger partial charge in [-0.05, 0) is 78.8 Å². The first-order valence-corrected chi connectivity index (χ1v) is 11.5. The zero-order valence-corrected chi connectivity index (χ0v) is 18.3. The van der Waals surface area contributed by atoms with Gasteiger partial charge in [-0.25, -0.2) is 4.79 Å². The van der Waals surface area contributed by atoms with E-state index >= 15 is 0 Å². The molecule has 3 unspecified atom stereocenters. The summed E-state index contributed by atoms with van der Waals surface area (Å²) >= 11 is 0. The molecule has 0 heterocycles. The second-order valence-corrected chi connectivity index (χ2v) is 8.81. The van der Waals surface area contributed by atoms with Crippen LogP contribution in [0.2, 0.25) is 0 Å². The minimum absolute atomic E-state index is 0.281. The van der Waals surface area contributed by atoms with E-state index in [2.05, 4.69) is 32.9 Å². The van der Waals surface area contributed by atoms with Gasteiger partial charge in [0.05, 0.1) is 5.56 Å². The van der Waals surface area contributed by atoms with Gasteiger partial charge in [0, 0.05) is 0 Å². The highest BCUT2D eigenvalue weighted by atomic mass is 16.5. The molecule has 0 bridgehead atoms. The van der Waals surface area contributed by atoms with Gasteiger partial charge in [-0.15, -0.1) is 0 Å². The molecule has 0 spiro atoms. The fourth-order valence-corrected chi connectivity index (χ4v) is 4.80. The highest BCUT2D eigenvalue weighted by Crippen LogP contribution is 2.41. The molecule has 0 saturated heterocycles. The quantitative estimate of drug-likeness (QED) is 0.342. The maximum atomic E-state index is 12.5. The van der Waals surface area contributed by atoms with Crippen molar-refractivity contribution in [1.29, 1.82) is 0 Å². The molecule has 1 aliphatic rings. The van der Waals surface area contributed by atoms with E-state index in [-0.39, 0.29) is 5.97 Å². The van der Waals surface area contributed by atoms with Gasteiger partial charge >= 0.3 is 5.97 Å². The van der Waals surface area contributed by atoms with E-state index in [1.54, 1.807) is 0 Å². The minimum atomic E-state index is -0.281. The van der Waals surface area contributed by atoms with Crippen LogP contribution in [-0.2, 0) is 6.42 Å².